The number of hydrogen-bond acceptors (Lipinski definition) is 2. The number of aromatic nitrogens is 2. The van der Waals surface area contributed by atoms with Gasteiger partial charge < -0.3 is 5.21 Å². The van der Waals surface area contributed by atoms with Gasteiger partial charge in [0.2, 0.25) is 0 Å². The van der Waals surface area contributed by atoms with Crippen LogP contribution in [0.15, 0.2) is 36.4 Å². The van der Waals surface area contributed by atoms with Crippen molar-refractivity contribution in [3.8, 4) is 0 Å². The Kier molecular flexibility index (Phi) is 2.43. The molecule has 0 saturated carbocycles. The standard InChI is InChI=1S/C12H6Cl2N2O2/c13-7-3-1-5-9-11(7)12-8(14)4-2-6-10(12)16(18)15(9)17/h1-6H. The van der Waals surface area contributed by atoms with E-state index in [9.17, 15) is 10.1 Å². The van der Waals surface area contributed by atoms with Gasteiger partial charge in [-0.2, -0.15) is 0 Å². The first-order valence-electron chi connectivity index (χ1n) is 5.13. The highest BCUT2D eigenvalue weighted by Gasteiger charge is 2.18. The molecule has 2 aromatic carbocycles. The number of nitrogens with zero attached hydrogens (tertiary/aromatic N) is 2. The maximum Gasteiger partial charge on any atom is 0.301 e. The minimum absolute atomic E-state index is 0.193. The van der Waals surface area contributed by atoms with E-state index in [2.05, 4.69) is 0 Å². The summed E-state index contributed by atoms with van der Waals surface area (Å²) in [5.74, 6) is 0. The van der Waals surface area contributed by atoms with Crippen molar-refractivity contribution in [2.45, 2.75) is 0 Å². The lowest BCUT2D eigenvalue weighted by molar-refractivity contribution is -0.556. The Labute approximate surface area is 111 Å². The van der Waals surface area contributed by atoms with E-state index in [1.807, 2.05) is 0 Å². The third-order valence-corrected chi connectivity index (χ3v) is 3.44. The second kappa shape index (κ2) is 3.86. The molecular formula is C12H6Cl2N2O2. The van der Waals surface area contributed by atoms with Gasteiger partial charge >= 0.3 is 5.52 Å². The maximum atomic E-state index is 11.9. The molecule has 1 heterocycles. The number of benzene rings is 2. The van der Waals surface area contributed by atoms with Crippen LogP contribution in [0.4, 0.5) is 0 Å². The predicted molar refractivity (Wildman–Crippen MR) is 71.6 cm³/mol. The van der Waals surface area contributed by atoms with Crippen LogP contribution in [0.2, 0.25) is 10.0 Å². The summed E-state index contributed by atoms with van der Waals surface area (Å²) >= 11 is 12.2. The fraction of sp³-hybridized carbons (Fsp3) is 0. The lowest BCUT2D eigenvalue weighted by Crippen LogP contribution is -2.28. The van der Waals surface area contributed by atoms with E-state index in [-0.39, 0.29) is 20.4 Å². The van der Waals surface area contributed by atoms with Crippen molar-refractivity contribution in [2.75, 3.05) is 0 Å². The SMILES string of the molecule is O=[n+]1c2cccc(Cl)c2c2c(Cl)cccc2n1[O-]. The molecule has 0 aliphatic rings. The Bertz CT molecular complexity index is 843. The van der Waals surface area contributed by atoms with Gasteiger partial charge in [0.15, 0.2) is 4.54 Å². The Morgan fingerprint density at radius 1 is 1.00 bits per heavy atom. The molecule has 3 rings (SSSR count). The number of halogens is 2. The zero-order valence-corrected chi connectivity index (χ0v) is 10.4. The van der Waals surface area contributed by atoms with E-state index < -0.39 is 0 Å². The van der Waals surface area contributed by atoms with Crippen LogP contribution in [0.5, 0.6) is 0 Å². The highest BCUT2D eigenvalue weighted by atomic mass is 35.5. The van der Waals surface area contributed by atoms with Crippen LogP contribution in [0.25, 0.3) is 21.8 Å². The topological polar surface area (TPSA) is 51.0 Å². The quantitative estimate of drug-likeness (QED) is 0.468. The molecule has 0 atom stereocenters. The molecule has 0 unspecified atom stereocenters. The molecule has 0 saturated heterocycles. The van der Waals surface area contributed by atoms with Gasteiger partial charge in [-0.15, -0.1) is 4.85 Å². The van der Waals surface area contributed by atoms with Crippen molar-refractivity contribution in [3.63, 3.8) is 0 Å². The molecule has 0 radical (unpaired) electrons. The van der Waals surface area contributed by atoms with Crippen molar-refractivity contribution in [2.24, 2.45) is 0 Å². The molecular weight excluding hydrogens is 275 g/mol. The first-order chi connectivity index (χ1) is 8.61. The minimum Gasteiger partial charge on any atom is -0.755 e. The number of fused-ring (bicyclic) bond motifs is 3. The van der Waals surface area contributed by atoms with Gasteiger partial charge in [-0.3, -0.25) is 0 Å². The van der Waals surface area contributed by atoms with Gasteiger partial charge in [-0.1, -0.05) is 35.3 Å². The molecule has 0 amide bonds. The van der Waals surface area contributed by atoms with Gasteiger partial charge in [-0.25, -0.2) is 0 Å². The molecule has 0 aliphatic carbocycles. The fourth-order valence-electron chi connectivity index (χ4n) is 2.03. The van der Waals surface area contributed by atoms with Crippen LogP contribution in [0.3, 0.4) is 0 Å². The lowest BCUT2D eigenvalue weighted by atomic mass is 10.1. The summed E-state index contributed by atoms with van der Waals surface area (Å²) < 4.78 is 0.264. The predicted octanol–water partition coefficient (Wildman–Crippen LogP) is 3.36. The molecule has 0 bridgehead atoms. The summed E-state index contributed by atoms with van der Waals surface area (Å²) in [6, 6.07) is 9.60. The average Bonchev–Trinajstić information content (AvgIpc) is 2.36. The monoisotopic (exact) mass is 280 g/mol. The zero-order chi connectivity index (χ0) is 12.9. The summed E-state index contributed by atoms with van der Waals surface area (Å²) in [7, 11) is 0. The van der Waals surface area contributed by atoms with E-state index in [0.29, 0.717) is 20.8 Å². The molecule has 0 aliphatic heterocycles. The van der Waals surface area contributed by atoms with Crippen molar-refractivity contribution >= 4 is 45.0 Å². The summed E-state index contributed by atoms with van der Waals surface area (Å²) in [6.07, 6.45) is 0. The van der Waals surface area contributed by atoms with Crippen LogP contribution in [0, 0.1) is 10.1 Å². The summed E-state index contributed by atoms with van der Waals surface area (Å²) in [6.45, 7) is 0. The Morgan fingerprint density at radius 3 is 2.33 bits per heavy atom. The van der Waals surface area contributed by atoms with Crippen LogP contribution in [-0.4, -0.2) is 4.85 Å². The highest BCUT2D eigenvalue weighted by Crippen LogP contribution is 2.32. The Balaban J connectivity index is 2.80. The van der Waals surface area contributed by atoms with Crippen LogP contribution in [-0.2, 0) is 0 Å². The van der Waals surface area contributed by atoms with Crippen molar-refractivity contribution in [3.05, 3.63) is 56.6 Å². The second-order valence-electron chi connectivity index (χ2n) is 3.81. The fourth-order valence-corrected chi connectivity index (χ4v) is 2.56. The van der Waals surface area contributed by atoms with Gasteiger partial charge in [0.25, 0.3) is 0 Å². The van der Waals surface area contributed by atoms with Gasteiger partial charge in [0, 0.05) is 11.5 Å². The summed E-state index contributed by atoms with van der Waals surface area (Å²) in [4.78, 5) is 12.1. The smallest absolute Gasteiger partial charge is 0.301 e. The molecule has 18 heavy (non-hydrogen) atoms. The largest absolute Gasteiger partial charge is 0.755 e. The first-order valence-corrected chi connectivity index (χ1v) is 5.88. The molecule has 3 aromatic rings. The second-order valence-corrected chi connectivity index (χ2v) is 4.63. The maximum absolute atomic E-state index is 11.9. The highest BCUT2D eigenvalue weighted by molar-refractivity contribution is 6.41. The summed E-state index contributed by atoms with van der Waals surface area (Å²) in [5.41, 5.74) is 0.385. The molecule has 6 heteroatoms. The number of hydrogen-bond donors (Lipinski definition) is 0. The van der Waals surface area contributed by atoms with Gasteiger partial charge in [0.05, 0.1) is 20.3 Å². The van der Waals surface area contributed by atoms with E-state index in [4.69, 9.17) is 23.2 Å². The minimum atomic E-state index is 0.193. The molecule has 4 nitrogen and oxygen atoms in total. The number of rotatable bonds is 0. The molecule has 0 spiro atoms. The normalized spacial score (nSPS) is 11.2. The molecule has 1 aromatic heterocycles. The molecule has 0 fully saturated rings. The van der Waals surface area contributed by atoms with Gasteiger partial charge in [-0.05, 0) is 18.2 Å². The van der Waals surface area contributed by atoms with Crippen molar-refractivity contribution in [1.82, 2.24) is 4.85 Å². The van der Waals surface area contributed by atoms with E-state index in [1.165, 1.54) is 12.1 Å². The Morgan fingerprint density at radius 2 is 1.61 bits per heavy atom. The van der Waals surface area contributed by atoms with Crippen molar-refractivity contribution < 1.29 is 4.54 Å². The van der Waals surface area contributed by atoms with Crippen molar-refractivity contribution in [1.29, 1.82) is 0 Å². The summed E-state index contributed by atoms with van der Waals surface area (Å²) in [5, 5.41) is 13.6. The molecule has 0 N–H and O–H groups in total. The van der Waals surface area contributed by atoms with Crippen LogP contribution >= 0.6 is 23.2 Å². The van der Waals surface area contributed by atoms with Gasteiger partial charge in [0.1, 0.15) is 5.52 Å². The third-order valence-electron chi connectivity index (χ3n) is 2.81. The molecule has 90 valence electrons. The van der Waals surface area contributed by atoms with E-state index in [0.717, 1.165) is 0 Å². The third kappa shape index (κ3) is 1.39. The van der Waals surface area contributed by atoms with E-state index in [1.54, 1.807) is 24.3 Å². The van der Waals surface area contributed by atoms with Crippen LogP contribution < -0.4 is 4.54 Å². The average molecular weight is 281 g/mol. The zero-order valence-electron chi connectivity index (χ0n) is 8.93. The Hall–Kier alpha value is -1.78. The first kappa shape index (κ1) is 11.3. The lowest BCUT2D eigenvalue weighted by Gasteiger charge is -2.09. The van der Waals surface area contributed by atoms with E-state index >= 15 is 0 Å². The van der Waals surface area contributed by atoms with Crippen LogP contribution in [0.1, 0.15) is 0 Å².